The number of benzene rings is 1. The third-order valence-corrected chi connectivity index (χ3v) is 2.99. The molecule has 0 amide bonds. The van der Waals surface area contributed by atoms with E-state index in [0.29, 0.717) is 0 Å². The van der Waals surface area contributed by atoms with Crippen molar-refractivity contribution < 1.29 is 4.74 Å². The molecule has 1 aromatic heterocycles. The minimum atomic E-state index is 0.767. The fourth-order valence-electron chi connectivity index (χ4n) is 1.55. The Hall–Kier alpha value is -0.840. The van der Waals surface area contributed by atoms with Gasteiger partial charge in [-0.3, -0.25) is 4.98 Å². The third-order valence-electron chi connectivity index (χ3n) is 2.40. The molecular formula is C13H14INO. The van der Waals surface area contributed by atoms with Crippen LogP contribution in [0.5, 0.6) is 5.75 Å². The Kier molecular flexibility index (Phi) is 3.98. The molecule has 2 rings (SSSR count). The number of unbranched alkanes of at least 4 members (excludes halogenated alkanes) is 1. The molecule has 2 nitrogen and oxygen atoms in total. The van der Waals surface area contributed by atoms with Gasteiger partial charge in [-0.15, -0.1) is 0 Å². The van der Waals surface area contributed by atoms with E-state index in [2.05, 4.69) is 46.6 Å². The second kappa shape index (κ2) is 5.48. The van der Waals surface area contributed by atoms with Gasteiger partial charge in [-0.1, -0.05) is 25.5 Å². The zero-order valence-electron chi connectivity index (χ0n) is 9.24. The number of rotatable bonds is 4. The van der Waals surface area contributed by atoms with Gasteiger partial charge in [0.15, 0.2) is 0 Å². The minimum Gasteiger partial charge on any atom is -0.491 e. The highest BCUT2D eigenvalue weighted by atomic mass is 127. The van der Waals surface area contributed by atoms with E-state index in [1.807, 2.05) is 18.3 Å². The molecule has 16 heavy (non-hydrogen) atoms. The number of ether oxygens (including phenoxy) is 1. The van der Waals surface area contributed by atoms with Gasteiger partial charge in [0, 0.05) is 15.2 Å². The summed E-state index contributed by atoms with van der Waals surface area (Å²) in [6, 6.07) is 8.19. The highest BCUT2D eigenvalue weighted by Gasteiger charge is 2.03. The Bertz CT molecular complexity index is 484. The van der Waals surface area contributed by atoms with E-state index in [1.54, 1.807) is 0 Å². The van der Waals surface area contributed by atoms with E-state index in [4.69, 9.17) is 4.74 Å². The minimum absolute atomic E-state index is 0.767. The molecule has 0 saturated heterocycles. The summed E-state index contributed by atoms with van der Waals surface area (Å²) in [4.78, 5) is 4.43. The molecule has 0 bridgehead atoms. The van der Waals surface area contributed by atoms with Gasteiger partial charge in [0.05, 0.1) is 6.61 Å². The second-order valence-electron chi connectivity index (χ2n) is 3.68. The van der Waals surface area contributed by atoms with E-state index in [9.17, 15) is 0 Å². The highest BCUT2D eigenvalue weighted by molar-refractivity contribution is 14.1. The number of para-hydroxylation sites is 1. The van der Waals surface area contributed by atoms with E-state index >= 15 is 0 Å². The average Bonchev–Trinajstić information content (AvgIpc) is 2.29. The maximum atomic E-state index is 5.73. The SMILES string of the molecule is CCCCOc1cccc2cc(I)cnc12. The van der Waals surface area contributed by atoms with Crippen LogP contribution >= 0.6 is 22.6 Å². The number of nitrogens with zero attached hydrogens (tertiary/aromatic N) is 1. The van der Waals surface area contributed by atoms with Crippen LogP contribution in [0.15, 0.2) is 30.5 Å². The third kappa shape index (κ3) is 2.64. The van der Waals surface area contributed by atoms with Gasteiger partial charge in [0.25, 0.3) is 0 Å². The summed E-state index contributed by atoms with van der Waals surface area (Å²) in [7, 11) is 0. The van der Waals surface area contributed by atoms with Crippen molar-refractivity contribution in [3.63, 3.8) is 0 Å². The van der Waals surface area contributed by atoms with Gasteiger partial charge in [-0.2, -0.15) is 0 Å². The number of pyridine rings is 1. The lowest BCUT2D eigenvalue weighted by Gasteiger charge is -2.08. The molecule has 3 heteroatoms. The van der Waals surface area contributed by atoms with Crippen LogP contribution in [0.2, 0.25) is 0 Å². The van der Waals surface area contributed by atoms with E-state index in [-0.39, 0.29) is 0 Å². The van der Waals surface area contributed by atoms with Crippen molar-refractivity contribution in [2.45, 2.75) is 19.8 Å². The van der Waals surface area contributed by atoms with Gasteiger partial charge in [0.2, 0.25) is 0 Å². The summed E-state index contributed by atoms with van der Waals surface area (Å²) in [5.74, 6) is 0.891. The predicted octanol–water partition coefficient (Wildman–Crippen LogP) is 4.02. The van der Waals surface area contributed by atoms with Gasteiger partial charge in [-0.25, -0.2) is 0 Å². The molecule has 0 unspecified atom stereocenters. The first-order valence-electron chi connectivity index (χ1n) is 5.48. The summed E-state index contributed by atoms with van der Waals surface area (Å²) in [6.07, 6.45) is 4.10. The van der Waals surface area contributed by atoms with E-state index in [1.165, 1.54) is 0 Å². The maximum Gasteiger partial charge on any atom is 0.145 e. The lowest BCUT2D eigenvalue weighted by molar-refractivity contribution is 0.312. The Labute approximate surface area is 109 Å². The summed E-state index contributed by atoms with van der Waals surface area (Å²) >= 11 is 2.27. The van der Waals surface area contributed by atoms with Crippen LogP contribution in [0.25, 0.3) is 10.9 Å². The standard InChI is InChI=1S/C13H14INO/c1-2-3-7-16-12-6-4-5-10-8-11(14)9-15-13(10)12/h4-6,8-9H,2-3,7H2,1H3. The smallest absolute Gasteiger partial charge is 0.145 e. The average molecular weight is 327 g/mol. The van der Waals surface area contributed by atoms with Crippen LogP contribution in [0.4, 0.5) is 0 Å². The van der Waals surface area contributed by atoms with E-state index in [0.717, 1.165) is 39.7 Å². The predicted molar refractivity (Wildman–Crippen MR) is 74.9 cm³/mol. The zero-order chi connectivity index (χ0) is 11.4. The van der Waals surface area contributed by atoms with Crippen LogP contribution in [-0.4, -0.2) is 11.6 Å². The van der Waals surface area contributed by atoms with Crippen molar-refractivity contribution in [3.8, 4) is 5.75 Å². The van der Waals surface area contributed by atoms with Crippen molar-refractivity contribution in [3.05, 3.63) is 34.0 Å². The van der Waals surface area contributed by atoms with Crippen molar-refractivity contribution >= 4 is 33.5 Å². The fraction of sp³-hybridized carbons (Fsp3) is 0.308. The molecular weight excluding hydrogens is 313 g/mol. The van der Waals surface area contributed by atoms with Crippen molar-refractivity contribution in [1.82, 2.24) is 4.98 Å². The molecule has 0 radical (unpaired) electrons. The van der Waals surface area contributed by atoms with Crippen LogP contribution in [0.3, 0.4) is 0 Å². The van der Waals surface area contributed by atoms with Crippen LogP contribution < -0.4 is 4.74 Å². The zero-order valence-corrected chi connectivity index (χ0v) is 11.4. The lowest BCUT2D eigenvalue weighted by Crippen LogP contribution is -1.97. The van der Waals surface area contributed by atoms with Crippen LogP contribution in [0, 0.1) is 3.57 Å². The first-order chi connectivity index (χ1) is 7.81. The Morgan fingerprint density at radius 1 is 1.38 bits per heavy atom. The lowest BCUT2D eigenvalue weighted by atomic mass is 10.2. The summed E-state index contributed by atoms with van der Waals surface area (Å²) in [5, 5.41) is 1.14. The van der Waals surface area contributed by atoms with Gasteiger partial charge in [0.1, 0.15) is 11.3 Å². The maximum absolute atomic E-state index is 5.73. The van der Waals surface area contributed by atoms with Crippen molar-refractivity contribution in [1.29, 1.82) is 0 Å². The molecule has 2 aromatic rings. The Morgan fingerprint density at radius 2 is 2.25 bits per heavy atom. The molecule has 0 aliphatic carbocycles. The number of hydrogen-bond acceptors (Lipinski definition) is 2. The normalized spacial score (nSPS) is 10.6. The molecule has 0 spiro atoms. The second-order valence-corrected chi connectivity index (χ2v) is 4.93. The van der Waals surface area contributed by atoms with Crippen molar-refractivity contribution in [2.24, 2.45) is 0 Å². The quantitative estimate of drug-likeness (QED) is 0.625. The summed E-state index contributed by atoms with van der Waals surface area (Å²) < 4.78 is 6.88. The Morgan fingerprint density at radius 3 is 3.06 bits per heavy atom. The monoisotopic (exact) mass is 327 g/mol. The van der Waals surface area contributed by atoms with Gasteiger partial charge in [-0.05, 0) is 41.1 Å². The number of hydrogen-bond donors (Lipinski definition) is 0. The van der Waals surface area contributed by atoms with Gasteiger partial charge >= 0.3 is 0 Å². The largest absolute Gasteiger partial charge is 0.491 e. The molecule has 1 heterocycles. The van der Waals surface area contributed by atoms with Crippen LogP contribution in [-0.2, 0) is 0 Å². The van der Waals surface area contributed by atoms with Gasteiger partial charge < -0.3 is 4.74 Å². The molecule has 0 fully saturated rings. The molecule has 1 aromatic carbocycles. The molecule has 84 valence electrons. The number of fused-ring (bicyclic) bond motifs is 1. The Balaban J connectivity index is 2.30. The van der Waals surface area contributed by atoms with Crippen LogP contribution in [0.1, 0.15) is 19.8 Å². The molecule has 0 N–H and O–H groups in total. The topological polar surface area (TPSA) is 22.1 Å². The summed E-state index contributed by atoms with van der Waals surface area (Å²) in [5.41, 5.74) is 0.957. The number of aromatic nitrogens is 1. The summed E-state index contributed by atoms with van der Waals surface area (Å²) in [6.45, 7) is 2.93. The molecule has 0 aliphatic rings. The first kappa shape index (κ1) is 11.6. The fourth-order valence-corrected chi connectivity index (χ4v) is 2.02. The van der Waals surface area contributed by atoms with E-state index < -0.39 is 0 Å². The first-order valence-corrected chi connectivity index (χ1v) is 6.56. The number of halogens is 1. The molecule has 0 atom stereocenters. The highest BCUT2D eigenvalue weighted by Crippen LogP contribution is 2.24. The molecule has 0 aliphatic heterocycles. The molecule has 0 saturated carbocycles. The van der Waals surface area contributed by atoms with Crippen molar-refractivity contribution in [2.75, 3.05) is 6.61 Å².